The molecule has 2 aliphatic heterocycles. The first-order valence-corrected chi connectivity index (χ1v) is 5.10. The number of ketones is 1. The number of nitrogens with one attached hydrogen (secondary N) is 1. The second-order valence-electron chi connectivity index (χ2n) is 4.09. The predicted octanol–water partition coefficient (Wildman–Crippen LogP) is 1.50. The summed E-state index contributed by atoms with van der Waals surface area (Å²) in [5.74, 6) is 0.826. The van der Waals surface area contributed by atoms with Crippen molar-refractivity contribution in [2.24, 2.45) is 5.92 Å². The van der Waals surface area contributed by atoms with Crippen molar-refractivity contribution in [1.29, 1.82) is 0 Å². The van der Waals surface area contributed by atoms with Crippen LogP contribution in [0.1, 0.15) is 39.0 Å². The molecular formula is C10H17NO. The molecule has 2 heterocycles. The Hall–Kier alpha value is -0.370. The lowest BCUT2D eigenvalue weighted by atomic mass is 9.77. The first-order valence-electron chi connectivity index (χ1n) is 5.10. The largest absolute Gasteiger partial charge is 0.310 e. The van der Waals surface area contributed by atoms with Crippen molar-refractivity contribution in [3.63, 3.8) is 0 Å². The molecule has 2 nitrogen and oxygen atoms in total. The highest BCUT2D eigenvalue weighted by Crippen LogP contribution is 2.29. The van der Waals surface area contributed by atoms with E-state index in [-0.39, 0.29) is 0 Å². The van der Waals surface area contributed by atoms with E-state index in [2.05, 4.69) is 12.2 Å². The quantitative estimate of drug-likeness (QED) is 0.641. The third-order valence-electron chi connectivity index (χ3n) is 3.30. The van der Waals surface area contributed by atoms with Crippen LogP contribution in [0, 0.1) is 5.92 Å². The van der Waals surface area contributed by atoms with E-state index >= 15 is 0 Å². The first kappa shape index (κ1) is 8.24. The minimum atomic E-state index is 0.321. The Balaban J connectivity index is 2.10. The molecule has 2 heteroatoms. The molecule has 2 saturated heterocycles. The van der Waals surface area contributed by atoms with Crippen LogP contribution in [-0.4, -0.2) is 17.9 Å². The minimum absolute atomic E-state index is 0.321. The highest BCUT2D eigenvalue weighted by molar-refractivity contribution is 5.83. The van der Waals surface area contributed by atoms with E-state index in [1.54, 1.807) is 0 Å². The zero-order chi connectivity index (χ0) is 8.55. The number of piperidine rings is 2. The summed E-state index contributed by atoms with van der Waals surface area (Å²) in [5.41, 5.74) is 0. The molecule has 0 amide bonds. The van der Waals surface area contributed by atoms with E-state index in [4.69, 9.17) is 0 Å². The smallest absolute Gasteiger partial charge is 0.139 e. The van der Waals surface area contributed by atoms with E-state index in [0.29, 0.717) is 23.8 Å². The average molecular weight is 167 g/mol. The summed E-state index contributed by atoms with van der Waals surface area (Å²) in [7, 11) is 0. The van der Waals surface area contributed by atoms with Crippen molar-refractivity contribution in [2.75, 3.05) is 0 Å². The molecule has 2 fully saturated rings. The molecule has 2 rings (SSSR count). The minimum Gasteiger partial charge on any atom is -0.310 e. The highest BCUT2D eigenvalue weighted by atomic mass is 16.1. The zero-order valence-corrected chi connectivity index (χ0v) is 7.68. The molecule has 0 radical (unpaired) electrons. The number of hydrogen-bond donors (Lipinski definition) is 1. The molecule has 2 bridgehead atoms. The average Bonchev–Trinajstić information content (AvgIpc) is 2.04. The van der Waals surface area contributed by atoms with Gasteiger partial charge in [-0.05, 0) is 19.3 Å². The summed E-state index contributed by atoms with van der Waals surface area (Å²) < 4.78 is 0. The number of rotatable bonds is 1. The normalized spacial score (nSPS) is 41.4. The molecule has 0 aromatic heterocycles. The van der Waals surface area contributed by atoms with Crippen LogP contribution < -0.4 is 5.32 Å². The first-order chi connectivity index (χ1) is 5.81. The predicted molar refractivity (Wildman–Crippen MR) is 48.0 cm³/mol. The Bertz CT molecular complexity index is 190. The van der Waals surface area contributed by atoms with Gasteiger partial charge in [0.05, 0.1) is 0 Å². The molecule has 0 spiro atoms. The van der Waals surface area contributed by atoms with E-state index in [1.807, 2.05) is 0 Å². The SMILES string of the molecule is CC[C@@H]1C(=O)C[C@@H]2CCC[C@H]1N2. The van der Waals surface area contributed by atoms with Gasteiger partial charge in [0.2, 0.25) is 0 Å². The Labute approximate surface area is 73.7 Å². The van der Waals surface area contributed by atoms with Gasteiger partial charge in [0.15, 0.2) is 0 Å². The van der Waals surface area contributed by atoms with E-state index < -0.39 is 0 Å². The Morgan fingerprint density at radius 1 is 1.50 bits per heavy atom. The molecule has 3 atom stereocenters. The van der Waals surface area contributed by atoms with Crippen LogP contribution in [0.15, 0.2) is 0 Å². The van der Waals surface area contributed by atoms with Gasteiger partial charge in [0.25, 0.3) is 0 Å². The van der Waals surface area contributed by atoms with Gasteiger partial charge in [-0.2, -0.15) is 0 Å². The van der Waals surface area contributed by atoms with Gasteiger partial charge in [-0.1, -0.05) is 13.3 Å². The maximum absolute atomic E-state index is 11.6. The highest BCUT2D eigenvalue weighted by Gasteiger charge is 2.36. The van der Waals surface area contributed by atoms with Crippen molar-refractivity contribution < 1.29 is 4.79 Å². The van der Waals surface area contributed by atoms with Gasteiger partial charge in [0.1, 0.15) is 5.78 Å². The van der Waals surface area contributed by atoms with E-state index in [0.717, 1.165) is 12.8 Å². The third kappa shape index (κ3) is 1.28. The molecule has 2 aliphatic rings. The fourth-order valence-electron chi connectivity index (χ4n) is 2.66. The van der Waals surface area contributed by atoms with Crippen LogP contribution in [0.3, 0.4) is 0 Å². The monoisotopic (exact) mass is 167 g/mol. The fourth-order valence-corrected chi connectivity index (χ4v) is 2.66. The molecule has 0 aromatic rings. The summed E-state index contributed by atoms with van der Waals surface area (Å²) in [6.07, 6.45) is 5.53. The molecule has 0 aromatic carbocycles. The van der Waals surface area contributed by atoms with Gasteiger partial charge in [-0.15, -0.1) is 0 Å². The Morgan fingerprint density at radius 2 is 2.33 bits per heavy atom. The zero-order valence-electron chi connectivity index (χ0n) is 7.68. The fraction of sp³-hybridized carbons (Fsp3) is 0.900. The van der Waals surface area contributed by atoms with Crippen molar-refractivity contribution in [2.45, 2.75) is 51.1 Å². The summed E-state index contributed by atoms with van der Waals surface area (Å²) in [6.45, 7) is 2.12. The summed E-state index contributed by atoms with van der Waals surface area (Å²) in [4.78, 5) is 11.6. The summed E-state index contributed by atoms with van der Waals surface area (Å²) in [5, 5.41) is 3.56. The van der Waals surface area contributed by atoms with Gasteiger partial charge in [-0.25, -0.2) is 0 Å². The molecule has 0 unspecified atom stereocenters. The second-order valence-corrected chi connectivity index (χ2v) is 4.09. The standard InChI is InChI=1S/C10H17NO/c1-2-8-9-5-3-4-7(11-9)6-10(8)12/h7-9,11H,2-6H2,1H3/t7-,8-,9+/m0/s1. The van der Waals surface area contributed by atoms with E-state index in [1.165, 1.54) is 19.3 Å². The van der Waals surface area contributed by atoms with Crippen LogP contribution in [-0.2, 0) is 4.79 Å². The summed E-state index contributed by atoms with van der Waals surface area (Å²) in [6, 6.07) is 1.02. The second kappa shape index (κ2) is 3.17. The van der Waals surface area contributed by atoms with Crippen molar-refractivity contribution in [3.8, 4) is 0 Å². The molecule has 1 N–H and O–H groups in total. The van der Waals surface area contributed by atoms with Crippen LogP contribution in [0.2, 0.25) is 0 Å². The Kier molecular flexibility index (Phi) is 2.18. The van der Waals surface area contributed by atoms with Gasteiger partial charge in [0, 0.05) is 24.4 Å². The van der Waals surface area contributed by atoms with Crippen molar-refractivity contribution in [1.82, 2.24) is 5.32 Å². The number of Topliss-reactive ketones (excluding diaryl/α,β-unsaturated/α-hetero) is 1. The lowest BCUT2D eigenvalue weighted by Gasteiger charge is -2.40. The van der Waals surface area contributed by atoms with Crippen molar-refractivity contribution in [3.05, 3.63) is 0 Å². The van der Waals surface area contributed by atoms with Crippen LogP contribution in [0.5, 0.6) is 0 Å². The van der Waals surface area contributed by atoms with Gasteiger partial charge < -0.3 is 5.32 Å². The maximum Gasteiger partial charge on any atom is 0.139 e. The topological polar surface area (TPSA) is 29.1 Å². The van der Waals surface area contributed by atoms with Crippen LogP contribution in [0.4, 0.5) is 0 Å². The molecule has 0 aliphatic carbocycles. The lowest BCUT2D eigenvalue weighted by Crippen LogP contribution is -2.54. The Morgan fingerprint density at radius 3 is 3.08 bits per heavy atom. The molecule has 68 valence electrons. The third-order valence-corrected chi connectivity index (χ3v) is 3.30. The number of hydrogen-bond acceptors (Lipinski definition) is 2. The van der Waals surface area contributed by atoms with Gasteiger partial charge in [-0.3, -0.25) is 4.79 Å². The van der Waals surface area contributed by atoms with Crippen LogP contribution >= 0.6 is 0 Å². The van der Waals surface area contributed by atoms with Gasteiger partial charge >= 0.3 is 0 Å². The number of carbonyl (C=O) groups excluding carboxylic acids is 1. The lowest BCUT2D eigenvalue weighted by molar-refractivity contribution is -0.127. The van der Waals surface area contributed by atoms with Crippen LogP contribution in [0.25, 0.3) is 0 Å². The summed E-state index contributed by atoms with van der Waals surface area (Å²) >= 11 is 0. The number of carbonyl (C=O) groups is 1. The maximum atomic E-state index is 11.6. The molecule has 0 saturated carbocycles. The molecule has 12 heavy (non-hydrogen) atoms. The molecular weight excluding hydrogens is 150 g/mol. The van der Waals surface area contributed by atoms with Crippen molar-refractivity contribution >= 4 is 5.78 Å². The number of fused-ring (bicyclic) bond motifs is 2. The van der Waals surface area contributed by atoms with E-state index in [9.17, 15) is 4.79 Å².